The molecule has 0 atom stereocenters. The summed E-state index contributed by atoms with van der Waals surface area (Å²) in [7, 11) is 1.81. The summed E-state index contributed by atoms with van der Waals surface area (Å²) < 4.78 is 11.1. The van der Waals surface area contributed by atoms with E-state index in [0.717, 1.165) is 10.6 Å². The molecule has 0 heterocycles. The Morgan fingerprint density at radius 3 is 2.39 bits per heavy atom. The number of hydrogen-bond acceptors (Lipinski definition) is 6. The topological polar surface area (TPSA) is 79.9 Å². The third kappa shape index (κ3) is 8.15. The standard InChI is InChI=1S/C23H31N3O4S/c1-5-29-19-12-11-17(15-20(19)30-6-2)24-23(28)16-26(3)14-13-22(27)25-18-9-7-8-10-21(18)31-4/h7-12,15H,5-6,13-14,16H2,1-4H3,(H,24,28)(H,25,27). The highest BCUT2D eigenvalue weighted by Gasteiger charge is 2.12. The first-order valence-electron chi connectivity index (χ1n) is 10.3. The number of thioether (sulfide) groups is 1. The van der Waals surface area contributed by atoms with Gasteiger partial charge >= 0.3 is 0 Å². The number of ether oxygens (including phenoxy) is 2. The summed E-state index contributed by atoms with van der Waals surface area (Å²) in [6, 6.07) is 13.0. The van der Waals surface area contributed by atoms with Gasteiger partial charge in [-0.25, -0.2) is 0 Å². The second-order valence-electron chi connectivity index (χ2n) is 6.81. The number of likely N-dealkylation sites (N-methyl/N-ethyl adjacent to an activating group) is 1. The van der Waals surface area contributed by atoms with E-state index in [0.29, 0.717) is 43.4 Å². The lowest BCUT2D eigenvalue weighted by Gasteiger charge is -2.17. The summed E-state index contributed by atoms with van der Waals surface area (Å²) in [6.45, 7) is 5.48. The van der Waals surface area contributed by atoms with Crippen molar-refractivity contribution in [2.24, 2.45) is 0 Å². The van der Waals surface area contributed by atoms with Gasteiger partial charge in [-0.05, 0) is 51.4 Å². The predicted octanol–water partition coefficient (Wildman–Crippen LogP) is 4.11. The summed E-state index contributed by atoms with van der Waals surface area (Å²) >= 11 is 1.58. The molecule has 2 aromatic carbocycles. The van der Waals surface area contributed by atoms with Crippen molar-refractivity contribution in [2.75, 3.05) is 50.2 Å². The summed E-state index contributed by atoms with van der Waals surface area (Å²) in [5.74, 6) is 0.995. The molecule has 0 aliphatic rings. The van der Waals surface area contributed by atoms with Crippen LogP contribution in [0.4, 0.5) is 11.4 Å². The number of hydrogen-bond donors (Lipinski definition) is 2. The van der Waals surface area contributed by atoms with Crippen molar-refractivity contribution in [2.45, 2.75) is 25.2 Å². The number of carbonyl (C=O) groups is 2. The van der Waals surface area contributed by atoms with Crippen molar-refractivity contribution in [3.63, 3.8) is 0 Å². The van der Waals surface area contributed by atoms with E-state index >= 15 is 0 Å². The van der Waals surface area contributed by atoms with Crippen molar-refractivity contribution >= 4 is 35.0 Å². The van der Waals surface area contributed by atoms with Gasteiger partial charge in [-0.1, -0.05) is 12.1 Å². The van der Waals surface area contributed by atoms with E-state index in [1.807, 2.05) is 56.3 Å². The Labute approximate surface area is 188 Å². The van der Waals surface area contributed by atoms with Crippen LogP contribution in [-0.4, -0.2) is 56.3 Å². The molecule has 0 radical (unpaired) electrons. The zero-order chi connectivity index (χ0) is 22.6. The minimum Gasteiger partial charge on any atom is -0.490 e. The lowest BCUT2D eigenvalue weighted by atomic mass is 10.2. The van der Waals surface area contributed by atoms with E-state index in [4.69, 9.17) is 9.47 Å². The molecular formula is C23H31N3O4S. The Hall–Kier alpha value is -2.71. The molecule has 8 heteroatoms. The first-order valence-corrected chi connectivity index (χ1v) is 11.5. The average Bonchev–Trinajstić information content (AvgIpc) is 2.75. The van der Waals surface area contributed by atoms with Crippen molar-refractivity contribution in [1.82, 2.24) is 4.90 Å². The number of anilines is 2. The summed E-state index contributed by atoms with van der Waals surface area (Å²) in [5.41, 5.74) is 1.44. The van der Waals surface area contributed by atoms with Crippen LogP contribution in [0.15, 0.2) is 47.4 Å². The number of nitrogens with one attached hydrogen (secondary N) is 2. The Morgan fingerprint density at radius 2 is 1.68 bits per heavy atom. The maximum absolute atomic E-state index is 12.4. The molecule has 0 aliphatic heterocycles. The fourth-order valence-corrected chi connectivity index (χ4v) is 3.46. The van der Waals surface area contributed by atoms with Crippen LogP contribution >= 0.6 is 11.8 Å². The van der Waals surface area contributed by atoms with E-state index in [1.165, 1.54) is 0 Å². The molecule has 0 saturated carbocycles. The highest BCUT2D eigenvalue weighted by molar-refractivity contribution is 7.98. The van der Waals surface area contributed by atoms with Gasteiger partial charge in [0.1, 0.15) is 0 Å². The molecule has 2 amide bonds. The average molecular weight is 446 g/mol. The molecule has 2 aromatic rings. The normalized spacial score (nSPS) is 10.6. The van der Waals surface area contributed by atoms with Crippen LogP contribution in [-0.2, 0) is 9.59 Å². The molecule has 7 nitrogen and oxygen atoms in total. The number of para-hydroxylation sites is 1. The molecule has 0 aliphatic carbocycles. The van der Waals surface area contributed by atoms with Crippen LogP contribution < -0.4 is 20.1 Å². The molecule has 0 saturated heterocycles. The molecule has 31 heavy (non-hydrogen) atoms. The lowest BCUT2D eigenvalue weighted by Crippen LogP contribution is -2.32. The minimum absolute atomic E-state index is 0.0818. The summed E-state index contributed by atoms with van der Waals surface area (Å²) in [6.07, 6.45) is 2.27. The highest BCUT2D eigenvalue weighted by atomic mass is 32.2. The quantitative estimate of drug-likeness (QED) is 0.479. The first kappa shape index (κ1) is 24.6. The molecule has 0 spiro atoms. The zero-order valence-corrected chi connectivity index (χ0v) is 19.4. The number of benzene rings is 2. The van der Waals surface area contributed by atoms with Gasteiger partial charge in [0.2, 0.25) is 11.8 Å². The van der Waals surface area contributed by atoms with Crippen molar-refractivity contribution < 1.29 is 19.1 Å². The van der Waals surface area contributed by atoms with Crippen LogP contribution in [0.5, 0.6) is 11.5 Å². The predicted molar refractivity (Wildman–Crippen MR) is 126 cm³/mol. The smallest absolute Gasteiger partial charge is 0.238 e. The molecular weight excluding hydrogens is 414 g/mol. The largest absolute Gasteiger partial charge is 0.490 e. The monoisotopic (exact) mass is 445 g/mol. The van der Waals surface area contributed by atoms with Gasteiger partial charge in [-0.3, -0.25) is 14.5 Å². The Morgan fingerprint density at radius 1 is 0.968 bits per heavy atom. The summed E-state index contributed by atoms with van der Waals surface area (Å²) in [4.78, 5) is 27.5. The van der Waals surface area contributed by atoms with Gasteiger partial charge in [0.15, 0.2) is 11.5 Å². The maximum atomic E-state index is 12.4. The molecule has 2 rings (SSSR count). The second-order valence-corrected chi connectivity index (χ2v) is 7.66. The SMILES string of the molecule is CCOc1ccc(NC(=O)CN(C)CCC(=O)Nc2ccccc2SC)cc1OCC. The number of nitrogens with zero attached hydrogens (tertiary/aromatic N) is 1. The van der Waals surface area contributed by atoms with Crippen LogP contribution in [0, 0.1) is 0 Å². The van der Waals surface area contributed by atoms with E-state index in [9.17, 15) is 9.59 Å². The third-order valence-electron chi connectivity index (χ3n) is 4.34. The molecule has 0 aromatic heterocycles. The van der Waals surface area contributed by atoms with Gasteiger partial charge in [0.05, 0.1) is 25.4 Å². The molecule has 0 unspecified atom stereocenters. The highest BCUT2D eigenvalue weighted by Crippen LogP contribution is 2.30. The van der Waals surface area contributed by atoms with Gasteiger partial charge in [0, 0.05) is 29.6 Å². The molecule has 0 fully saturated rings. The summed E-state index contributed by atoms with van der Waals surface area (Å²) in [5, 5.41) is 5.80. The fourth-order valence-electron chi connectivity index (χ4n) is 2.91. The first-order chi connectivity index (χ1) is 15.0. The Balaban J connectivity index is 1.83. The second kappa shape index (κ2) is 12.9. The molecule has 0 bridgehead atoms. The minimum atomic E-state index is -0.165. The van der Waals surface area contributed by atoms with Crippen molar-refractivity contribution in [3.8, 4) is 11.5 Å². The maximum Gasteiger partial charge on any atom is 0.238 e. The van der Waals surface area contributed by atoms with Crippen molar-refractivity contribution in [3.05, 3.63) is 42.5 Å². The van der Waals surface area contributed by atoms with E-state index in [2.05, 4.69) is 10.6 Å². The van der Waals surface area contributed by atoms with Crippen molar-refractivity contribution in [1.29, 1.82) is 0 Å². The third-order valence-corrected chi connectivity index (χ3v) is 5.14. The van der Waals surface area contributed by atoms with Gasteiger partial charge in [-0.15, -0.1) is 11.8 Å². The fraction of sp³-hybridized carbons (Fsp3) is 0.391. The molecule has 2 N–H and O–H groups in total. The van der Waals surface area contributed by atoms with Crippen LogP contribution in [0.1, 0.15) is 20.3 Å². The van der Waals surface area contributed by atoms with E-state index < -0.39 is 0 Å². The van der Waals surface area contributed by atoms with Crippen LogP contribution in [0.25, 0.3) is 0 Å². The number of amides is 2. The van der Waals surface area contributed by atoms with E-state index in [1.54, 1.807) is 30.0 Å². The van der Waals surface area contributed by atoms with Gasteiger partial charge in [-0.2, -0.15) is 0 Å². The van der Waals surface area contributed by atoms with E-state index in [-0.39, 0.29) is 18.4 Å². The van der Waals surface area contributed by atoms with Gasteiger partial charge < -0.3 is 20.1 Å². The number of rotatable bonds is 12. The lowest BCUT2D eigenvalue weighted by molar-refractivity contribution is -0.119. The van der Waals surface area contributed by atoms with Crippen LogP contribution in [0.3, 0.4) is 0 Å². The Kier molecular flexibility index (Phi) is 10.2. The Bertz CT molecular complexity index is 876. The molecule has 168 valence electrons. The van der Waals surface area contributed by atoms with Gasteiger partial charge in [0.25, 0.3) is 0 Å². The zero-order valence-electron chi connectivity index (χ0n) is 18.6. The van der Waals surface area contributed by atoms with Crippen LogP contribution in [0.2, 0.25) is 0 Å². The number of carbonyl (C=O) groups excluding carboxylic acids is 2.